The van der Waals surface area contributed by atoms with Crippen LogP contribution in [0.3, 0.4) is 0 Å². The highest BCUT2D eigenvalue weighted by atomic mass is 32.2. The zero-order valence-electron chi connectivity index (χ0n) is 22.4. The van der Waals surface area contributed by atoms with Crippen molar-refractivity contribution in [1.29, 1.82) is 0 Å². The summed E-state index contributed by atoms with van der Waals surface area (Å²) in [6.45, 7) is -0.0111. The van der Waals surface area contributed by atoms with Crippen molar-refractivity contribution in [2.24, 2.45) is 0 Å². The van der Waals surface area contributed by atoms with Gasteiger partial charge in [-0.3, -0.25) is 9.59 Å². The van der Waals surface area contributed by atoms with Gasteiger partial charge >= 0.3 is 0 Å². The number of anilines is 1. The van der Waals surface area contributed by atoms with Gasteiger partial charge in [-0.2, -0.15) is 4.31 Å². The first-order chi connectivity index (χ1) is 19.9. The lowest BCUT2D eigenvalue weighted by molar-refractivity contribution is -0.128. The Morgan fingerprint density at radius 2 is 1.39 bits per heavy atom. The summed E-state index contributed by atoms with van der Waals surface area (Å²) >= 11 is 0. The van der Waals surface area contributed by atoms with Gasteiger partial charge in [0, 0.05) is 13.1 Å². The first-order valence-electron chi connectivity index (χ1n) is 13.4. The van der Waals surface area contributed by atoms with E-state index in [1.807, 2.05) is 60.7 Å². The zero-order valence-corrected chi connectivity index (χ0v) is 23.2. The van der Waals surface area contributed by atoms with Gasteiger partial charge in [0.15, 0.2) is 6.10 Å². The quantitative estimate of drug-likeness (QED) is 0.311. The van der Waals surface area contributed by atoms with E-state index < -0.39 is 28.6 Å². The van der Waals surface area contributed by atoms with Gasteiger partial charge in [-0.15, -0.1) is 0 Å². The third-order valence-electron chi connectivity index (χ3n) is 6.86. The van der Waals surface area contributed by atoms with Crippen molar-refractivity contribution >= 4 is 27.5 Å². The van der Waals surface area contributed by atoms with Crippen LogP contribution in [0.1, 0.15) is 11.1 Å². The summed E-state index contributed by atoms with van der Waals surface area (Å²) in [6, 6.07) is 34.1. The number of nitrogens with one attached hydrogen (secondary N) is 1. The predicted molar refractivity (Wildman–Crippen MR) is 157 cm³/mol. The number of nitrogens with zero attached hydrogens (tertiary/aromatic N) is 2. The minimum absolute atomic E-state index is 0.0472. The second-order valence-electron chi connectivity index (χ2n) is 9.67. The van der Waals surface area contributed by atoms with Crippen molar-refractivity contribution in [2.75, 3.05) is 24.5 Å². The summed E-state index contributed by atoms with van der Waals surface area (Å²) in [5.41, 5.74) is 2.38. The summed E-state index contributed by atoms with van der Waals surface area (Å²) in [6.07, 6.45) is -0.522. The second-order valence-corrected chi connectivity index (χ2v) is 11.6. The Morgan fingerprint density at radius 1 is 0.805 bits per heavy atom. The molecule has 0 bridgehead atoms. The van der Waals surface area contributed by atoms with E-state index in [1.54, 1.807) is 42.5 Å². The highest BCUT2D eigenvalue weighted by Crippen LogP contribution is 2.33. The van der Waals surface area contributed by atoms with Crippen LogP contribution in [0.5, 0.6) is 5.75 Å². The van der Waals surface area contributed by atoms with Crippen LogP contribution in [0.4, 0.5) is 5.69 Å². The van der Waals surface area contributed by atoms with Gasteiger partial charge in [-0.1, -0.05) is 91.0 Å². The normalized spacial score (nSPS) is 14.7. The number of rotatable bonds is 10. The van der Waals surface area contributed by atoms with Crippen molar-refractivity contribution in [3.63, 3.8) is 0 Å². The molecule has 4 aromatic carbocycles. The topological polar surface area (TPSA) is 96.0 Å². The van der Waals surface area contributed by atoms with E-state index >= 15 is 0 Å². The smallest absolute Gasteiger partial charge is 0.263 e. The van der Waals surface area contributed by atoms with Crippen LogP contribution in [-0.4, -0.2) is 50.3 Å². The number of fused-ring (bicyclic) bond motifs is 1. The molecule has 41 heavy (non-hydrogen) atoms. The maximum absolute atomic E-state index is 13.8. The Hall–Kier alpha value is -4.47. The van der Waals surface area contributed by atoms with Crippen molar-refractivity contribution in [3.8, 4) is 5.75 Å². The lowest BCUT2D eigenvalue weighted by atomic mass is 10.1. The molecule has 0 fully saturated rings. The van der Waals surface area contributed by atoms with Gasteiger partial charge < -0.3 is 15.0 Å². The van der Waals surface area contributed by atoms with Crippen LogP contribution in [0.25, 0.3) is 0 Å². The van der Waals surface area contributed by atoms with E-state index in [0.717, 1.165) is 11.1 Å². The molecule has 2 amide bonds. The molecule has 0 aliphatic carbocycles. The molecule has 1 heterocycles. The van der Waals surface area contributed by atoms with Gasteiger partial charge in [0.1, 0.15) is 5.75 Å². The second kappa shape index (κ2) is 12.8. The maximum Gasteiger partial charge on any atom is 0.263 e. The predicted octanol–water partition coefficient (Wildman–Crippen LogP) is 4.03. The number of hydrogen-bond acceptors (Lipinski definition) is 5. The number of amides is 2. The van der Waals surface area contributed by atoms with Gasteiger partial charge in [0.2, 0.25) is 15.9 Å². The molecule has 4 aromatic rings. The Bertz CT molecular complexity index is 1580. The Labute approximate surface area is 240 Å². The average molecular weight is 570 g/mol. The van der Waals surface area contributed by atoms with Crippen LogP contribution in [0.15, 0.2) is 120 Å². The largest absolute Gasteiger partial charge is 0.477 e. The molecular weight excluding hydrogens is 538 g/mol. The van der Waals surface area contributed by atoms with Crippen LogP contribution in [-0.2, 0) is 32.6 Å². The van der Waals surface area contributed by atoms with Gasteiger partial charge in [0.25, 0.3) is 5.91 Å². The number of benzene rings is 4. The molecule has 0 aromatic heterocycles. The SMILES string of the molecule is O=C(NCc1ccccc1)C1CN(C(=O)CN(CCc2ccccc2)S(=O)(=O)c2ccccc2)c2ccccc2O1. The lowest BCUT2D eigenvalue weighted by Crippen LogP contribution is -2.53. The first kappa shape index (κ1) is 28.1. The molecule has 0 spiro atoms. The lowest BCUT2D eigenvalue weighted by Gasteiger charge is -2.35. The molecule has 0 saturated carbocycles. The van der Waals surface area contributed by atoms with Crippen LogP contribution >= 0.6 is 0 Å². The van der Waals surface area contributed by atoms with Gasteiger partial charge in [-0.05, 0) is 41.8 Å². The summed E-state index contributed by atoms with van der Waals surface area (Å²) in [5.74, 6) is -0.429. The minimum atomic E-state index is -3.98. The number of ether oxygens (including phenoxy) is 1. The van der Waals surface area contributed by atoms with E-state index in [1.165, 1.54) is 21.3 Å². The Kier molecular flexibility index (Phi) is 8.76. The fourth-order valence-electron chi connectivity index (χ4n) is 4.67. The molecule has 1 unspecified atom stereocenters. The van der Waals surface area contributed by atoms with Crippen LogP contribution in [0, 0.1) is 0 Å². The van der Waals surface area contributed by atoms with E-state index in [2.05, 4.69) is 5.32 Å². The third-order valence-corrected chi connectivity index (χ3v) is 8.72. The number of sulfonamides is 1. The third kappa shape index (κ3) is 6.82. The monoisotopic (exact) mass is 569 g/mol. The van der Waals surface area contributed by atoms with Crippen LogP contribution in [0.2, 0.25) is 0 Å². The van der Waals surface area contributed by atoms with Crippen molar-refractivity contribution in [3.05, 3.63) is 126 Å². The molecule has 0 saturated heterocycles. The highest BCUT2D eigenvalue weighted by Gasteiger charge is 2.36. The Morgan fingerprint density at radius 3 is 2.07 bits per heavy atom. The summed E-state index contributed by atoms with van der Waals surface area (Å²) < 4.78 is 34.5. The fraction of sp³-hybridized carbons (Fsp3) is 0.188. The number of para-hydroxylation sites is 2. The Balaban J connectivity index is 1.37. The zero-order chi connectivity index (χ0) is 28.7. The molecule has 210 valence electrons. The molecular formula is C32H31N3O5S. The molecule has 1 aliphatic heterocycles. The van der Waals surface area contributed by atoms with E-state index in [-0.39, 0.29) is 23.9 Å². The average Bonchev–Trinajstić information content (AvgIpc) is 3.02. The number of hydrogen-bond donors (Lipinski definition) is 1. The standard InChI is InChI=1S/C32H31N3O5S/c36-31(24-34(21-20-25-12-4-1-5-13-25)41(38,39)27-16-8-3-9-17-27)35-23-30(40-29-19-11-10-18-28(29)35)32(37)33-22-26-14-6-2-7-15-26/h1-19,30H,20-24H2,(H,33,37). The van der Waals surface area contributed by atoms with Crippen molar-refractivity contribution in [1.82, 2.24) is 9.62 Å². The molecule has 8 nitrogen and oxygen atoms in total. The summed E-state index contributed by atoms with van der Waals surface area (Å²) in [7, 11) is -3.98. The van der Waals surface area contributed by atoms with E-state index in [4.69, 9.17) is 4.74 Å². The molecule has 1 N–H and O–H groups in total. The van der Waals surface area contributed by atoms with Gasteiger partial charge in [0.05, 0.1) is 23.7 Å². The maximum atomic E-state index is 13.8. The van der Waals surface area contributed by atoms with Crippen LogP contribution < -0.4 is 15.0 Å². The summed E-state index contributed by atoms with van der Waals surface area (Å²) in [5, 5.41) is 2.88. The van der Waals surface area contributed by atoms with E-state index in [0.29, 0.717) is 24.4 Å². The molecule has 0 radical (unpaired) electrons. The summed E-state index contributed by atoms with van der Waals surface area (Å²) in [4.78, 5) is 28.5. The fourth-order valence-corrected chi connectivity index (χ4v) is 6.08. The number of carbonyl (C=O) groups excluding carboxylic acids is 2. The molecule has 1 aliphatic rings. The van der Waals surface area contributed by atoms with Crippen molar-refractivity contribution in [2.45, 2.75) is 24.0 Å². The molecule has 1 atom stereocenters. The minimum Gasteiger partial charge on any atom is -0.477 e. The first-order valence-corrected chi connectivity index (χ1v) is 14.8. The van der Waals surface area contributed by atoms with E-state index in [9.17, 15) is 18.0 Å². The molecule has 5 rings (SSSR count). The van der Waals surface area contributed by atoms with Crippen molar-refractivity contribution < 1.29 is 22.7 Å². The molecule has 9 heteroatoms. The highest BCUT2D eigenvalue weighted by molar-refractivity contribution is 7.89. The number of carbonyl (C=O) groups is 2. The van der Waals surface area contributed by atoms with Gasteiger partial charge in [-0.25, -0.2) is 8.42 Å².